The summed E-state index contributed by atoms with van der Waals surface area (Å²) in [5.74, 6) is -0.0825. The molecule has 0 radical (unpaired) electrons. The van der Waals surface area contributed by atoms with Crippen molar-refractivity contribution in [1.82, 2.24) is 20.6 Å². The number of nitrogens with zero attached hydrogens (tertiary/aromatic N) is 3. The molecule has 1 unspecified atom stereocenters. The Hall–Kier alpha value is -1.59. The molecule has 72 valence electrons. The van der Waals surface area contributed by atoms with Crippen LogP contribution >= 0.6 is 0 Å². The van der Waals surface area contributed by atoms with E-state index in [1.165, 1.54) is 0 Å². The molecule has 2 aliphatic carbocycles. The van der Waals surface area contributed by atoms with Crippen molar-refractivity contribution in [2.24, 2.45) is 17.8 Å². The predicted molar refractivity (Wildman–Crippen MR) is 43.2 cm³/mol. The van der Waals surface area contributed by atoms with Gasteiger partial charge in [0.15, 0.2) is 0 Å². The first-order chi connectivity index (χ1) is 6.77. The van der Waals surface area contributed by atoms with Crippen molar-refractivity contribution >= 4 is 11.6 Å². The molecule has 3 atom stereocenters. The fraction of sp³-hybridized carbons (Fsp3) is 0.625. The van der Waals surface area contributed by atoms with Gasteiger partial charge in [0.1, 0.15) is 5.78 Å². The zero-order valence-electron chi connectivity index (χ0n) is 7.30. The predicted octanol–water partition coefficient (Wildman–Crippen LogP) is -0.393. The molecule has 0 amide bonds. The highest BCUT2D eigenvalue weighted by Crippen LogP contribution is 2.52. The molecule has 1 heterocycles. The van der Waals surface area contributed by atoms with Gasteiger partial charge in [-0.25, -0.2) is 0 Å². The molecule has 0 aromatic carbocycles. The van der Waals surface area contributed by atoms with Gasteiger partial charge in [-0.3, -0.25) is 9.59 Å². The molecule has 3 rings (SSSR count). The van der Waals surface area contributed by atoms with E-state index in [-0.39, 0.29) is 23.3 Å². The number of carbonyl (C=O) groups is 2. The minimum Gasteiger partial charge on any atom is -0.299 e. The Morgan fingerprint density at radius 2 is 2.29 bits per heavy atom. The van der Waals surface area contributed by atoms with E-state index < -0.39 is 5.92 Å². The van der Waals surface area contributed by atoms with Crippen LogP contribution in [0.25, 0.3) is 0 Å². The highest BCUT2D eigenvalue weighted by atomic mass is 16.2. The highest BCUT2D eigenvalue weighted by Gasteiger charge is 2.55. The van der Waals surface area contributed by atoms with E-state index in [0.29, 0.717) is 12.3 Å². The van der Waals surface area contributed by atoms with Crippen molar-refractivity contribution in [2.75, 3.05) is 0 Å². The minimum absolute atomic E-state index is 0.0321. The van der Waals surface area contributed by atoms with E-state index in [9.17, 15) is 9.59 Å². The number of hydrogen-bond donors (Lipinski definition) is 1. The van der Waals surface area contributed by atoms with E-state index in [4.69, 9.17) is 0 Å². The number of nitrogens with one attached hydrogen (secondary N) is 1. The standard InChI is InChI=1S/C8H8N4O2/c13-6-4-1-3(4)2-5(6)7(14)8-9-11-12-10-8/h3-5H,1-2H2,(H,9,10,11,12)/t3-,4-,5?/m1/s1. The van der Waals surface area contributed by atoms with Crippen LogP contribution in [0.4, 0.5) is 0 Å². The third kappa shape index (κ3) is 0.934. The van der Waals surface area contributed by atoms with Gasteiger partial charge in [0.05, 0.1) is 5.92 Å². The average molecular weight is 192 g/mol. The molecule has 1 aromatic heterocycles. The average Bonchev–Trinajstić information content (AvgIpc) is 2.63. The van der Waals surface area contributed by atoms with Gasteiger partial charge in [-0.15, -0.1) is 10.2 Å². The number of rotatable bonds is 2. The monoisotopic (exact) mass is 192 g/mol. The first kappa shape index (κ1) is 7.78. The molecule has 6 heteroatoms. The van der Waals surface area contributed by atoms with Gasteiger partial charge in [0, 0.05) is 5.92 Å². The number of ketones is 2. The smallest absolute Gasteiger partial charge is 0.240 e. The van der Waals surface area contributed by atoms with Crippen molar-refractivity contribution in [3.8, 4) is 0 Å². The zero-order chi connectivity index (χ0) is 9.71. The molecule has 14 heavy (non-hydrogen) atoms. The second kappa shape index (κ2) is 2.46. The quantitative estimate of drug-likeness (QED) is 0.509. The molecule has 2 saturated carbocycles. The molecule has 0 bridgehead atoms. The van der Waals surface area contributed by atoms with Crippen LogP contribution in [0, 0.1) is 17.8 Å². The SMILES string of the molecule is O=C(c1nn[nH]n1)C1C[C@H]2C[C@H]2C1=O. The number of carbonyl (C=O) groups excluding carboxylic acids is 2. The van der Waals surface area contributed by atoms with Crippen LogP contribution in [-0.4, -0.2) is 32.2 Å². The van der Waals surface area contributed by atoms with Crippen LogP contribution in [0.2, 0.25) is 0 Å². The van der Waals surface area contributed by atoms with E-state index in [0.717, 1.165) is 6.42 Å². The lowest BCUT2D eigenvalue weighted by atomic mass is 9.97. The minimum atomic E-state index is -0.503. The Labute approximate surface area is 79.1 Å². The van der Waals surface area contributed by atoms with Crippen LogP contribution in [0.3, 0.4) is 0 Å². The second-order valence-electron chi connectivity index (χ2n) is 3.89. The van der Waals surface area contributed by atoms with Gasteiger partial charge in [0.25, 0.3) is 0 Å². The first-order valence-electron chi connectivity index (χ1n) is 4.59. The summed E-state index contributed by atoms with van der Waals surface area (Å²) in [5.41, 5.74) is 0. The summed E-state index contributed by atoms with van der Waals surface area (Å²) in [6.07, 6.45) is 1.64. The van der Waals surface area contributed by atoms with E-state index >= 15 is 0 Å². The van der Waals surface area contributed by atoms with Gasteiger partial charge in [-0.1, -0.05) is 0 Å². The number of Topliss-reactive ketones (excluding diaryl/α,β-unsaturated/α-hetero) is 2. The summed E-state index contributed by atoms with van der Waals surface area (Å²) in [6, 6.07) is 0. The van der Waals surface area contributed by atoms with Crippen LogP contribution < -0.4 is 0 Å². The van der Waals surface area contributed by atoms with Gasteiger partial charge >= 0.3 is 0 Å². The third-order valence-corrected chi connectivity index (χ3v) is 3.05. The van der Waals surface area contributed by atoms with Gasteiger partial charge in [-0.05, 0) is 24.0 Å². The Kier molecular flexibility index (Phi) is 1.37. The maximum absolute atomic E-state index is 11.7. The van der Waals surface area contributed by atoms with E-state index in [1.807, 2.05) is 0 Å². The van der Waals surface area contributed by atoms with Crippen molar-refractivity contribution in [3.05, 3.63) is 5.82 Å². The lowest BCUT2D eigenvalue weighted by molar-refractivity contribution is -0.121. The Balaban J connectivity index is 1.84. The van der Waals surface area contributed by atoms with Crippen LogP contribution in [0.5, 0.6) is 0 Å². The van der Waals surface area contributed by atoms with Crippen molar-refractivity contribution in [2.45, 2.75) is 12.8 Å². The number of hydrogen-bond acceptors (Lipinski definition) is 5. The molecular weight excluding hydrogens is 184 g/mol. The lowest BCUT2D eigenvalue weighted by Crippen LogP contribution is -2.22. The molecule has 0 spiro atoms. The third-order valence-electron chi connectivity index (χ3n) is 3.05. The van der Waals surface area contributed by atoms with Crippen LogP contribution in [0.15, 0.2) is 0 Å². The Bertz CT molecular complexity index is 399. The normalized spacial score (nSPS) is 34.3. The van der Waals surface area contributed by atoms with Crippen molar-refractivity contribution < 1.29 is 9.59 Å². The van der Waals surface area contributed by atoms with E-state index in [2.05, 4.69) is 20.6 Å². The topological polar surface area (TPSA) is 88.6 Å². The lowest BCUT2D eigenvalue weighted by Gasteiger charge is -2.04. The first-order valence-corrected chi connectivity index (χ1v) is 4.59. The molecule has 2 aliphatic rings. The molecule has 1 aromatic rings. The zero-order valence-corrected chi connectivity index (χ0v) is 7.30. The summed E-state index contributed by atoms with van der Waals surface area (Å²) in [4.78, 5) is 23.3. The largest absolute Gasteiger partial charge is 0.299 e. The Morgan fingerprint density at radius 1 is 1.43 bits per heavy atom. The van der Waals surface area contributed by atoms with Gasteiger partial charge in [0.2, 0.25) is 11.6 Å². The summed E-state index contributed by atoms with van der Waals surface area (Å²) in [7, 11) is 0. The molecule has 0 saturated heterocycles. The second-order valence-corrected chi connectivity index (χ2v) is 3.89. The molecular formula is C8H8N4O2. The number of aromatic nitrogens is 4. The summed E-state index contributed by atoms with van der Waals surface area (Å²) in [5, 5.41) is 12.7. The highest BCUT2D eigenvalue weighted by molar-refractivity contribution is 6.11. The van der Waals surface area contributed by atoms with Gasteiger partial charge < -0.3 is 0 Å². The summed E-state index contributed by atoms with van der Waals surface area (Å²) < 4.78 is 0. The molecule has 6 nitrogen and oxygen atoms in total. The number of aromatic amines is 1. The van der Waals surface area contributed by atoms with Gasteiger partial charge in [-0.2, -0.15) is 5.21 Å². The Morgan fingerprint density at radius 3 is 2.86 bits per heavy atom. The summed E-state index contributed by atoms with van der Waals surface area (Å²) in [6.45, 7) is 0. The van der Waals surface area contributed by atoms with Crippen LogP contribution in [0.1, 0.15) is 23.5 Å². The van der Waals surface area contributed by atoms with Crippen LogP contribution in [-0.2, 0) is 4.79 Å². The molecule has 0 aliphatic heterocycles. The molecule has 2 fully saturated rings. The fourth-order valence-corrected chi connectivity index (χ4v) is 2.19. The molecule has 1 N–H and O–H groups in total. The number of fused-ring (bicyclic) bond motifs is 1. The maximum Gasteiger partial charge on any atom is 0.240 e. The number of tetrazole rings is 1. The maximum atomic E-state index is 11.7. The fourth-order valence-electron chi connectivity index (χ4n) is 2.19. The summed E-state index contributed by atoms with van der Waals surface area (Å²) >= 11 is 0. The van der Waals surface area contributed by atoms with Crippen molar-refractivity contribution in [1.29, 1.82) is 0 Å². The number of H-pyrrole nitrogens is 1. The van der Waals surface area contributed by atoms with E-state index in [1.54, 1.807) is 0 Å². The van der Waals surface area contributed by atoms with Crippen molar-refractivity contribution in [3.63, 3.8) is 0 Å².